The lowest BCUT2D eigenvalue weighted by atomic mass is 9.80. The van der Waals surface area contributed by atoms with Crippen molar-refractivity contribution >= 4 is 18.8 Å². The molecule has 2 bridgehead atoms. The van der Waals surface area contributed by atoms with Gasteiger partial charge in [0.2, 0.25) is 0 Å². The van der Waals surface area contributed by atoms with Crippen LogP contribution in [0.2, 0.25) is 0 Å². The Labute approximate surface area is 188 Å². The molecule has 3 saturated heterocycles. The highest BCUT2D eigenvalue weighted by Gasteiger charge is 2.57. The van der Waals surface area contributed by atoms with E-state index in [1.165, 1.54) is 6.07 Å². The number of hydrogen-bond acceptors (Lipinski definition) is 5. The van der Waals surface area contributed by atoms with Gasteiger partial charge in [-0.15, -0.1) is 0 Å². The van der Waals surface area contributed by atoms with Crippen molar-refractivity contribution in [2.24, 2.45) is 5.41 Å². The summed E-state index contributed by atoms with van der Waals surface area (Å²) in [6.45, 7) is 2.55. The second kappa shape index (κ2) is 9.34. The molecular weight excluding hydrogens is 434 g/mol. The number of carbonyl (C=O) groups is 1. The number of aryl methyl sites for hydroxylation is 1. The van der Waals surface area contributed by atoms with E-state index in [-0.39, 0.29) is 17.8 Å². The molecule has 172 valence electrons. The Hall–Kier alpha value is -2.21. The van der Waals surface area contributed by atoms with Crippen LogP contribution in [-0.4, -0.2) is 50.3 Å². The smallest absolute Gasteiger partial charge is 0.329 e. The molecule has 0 amide bonds. The van der Waals surface area contributed by atoms with Crippen LogP contribution < -0.4 is 14.8 Å². The van der Waals surface area contributed by atoms with Gasteiger partial charge in [-0.05, 0) is 37.8 Å². The van der Waals surface area contributed by atoms with Crippen molar-refractivity contribution in [2.45, 2.75) is 26.2 Å². The third-order valence-corrected chi connectivity index (χ3v) is 10.3. The highest BCUT2D eigenvalue weighted by atomic mass is 31.2. The van der Waals surface area contributed by atoms with Crippen molar-refractivity contribution in [2.75, 3.05) is 39.3 Å². The van der Waals surface area contributed by atoms with Gasteiger partial charge in [-0.1, -0.05) is 6.07 Å². The molecule has 2 aromatic carbocycles. The molecule has 3 aliphatic heterocycles. The topological polar surface area (TPSA) is 74.2 Å². The highest BCUT2D eigenvalue weighted by molar-refractivity contribution is 7.78. The number of rotatable bonds is 9. The van der Waals surface area contributed by atoms with Crippen LogP contribution >= 0.6 is 7.49 Å². The second-order valence-corrected chi connectivity index (χ2v) is 12.1. The number of carboxylic acids is 1. The Bertz CT molecular complexity index is 970. The lowest BCUT2D eigenvalue weighted by Crippen LogP contribution is -2.44. The second-order valence-electron chi connectivity index (χ2n) is 8.69. The van der Waals surface area contributed by atoms with E-state index >= 15 is 0 Å². The van der Waals surface area contributed by atoms with Gasteiger partial charge in [0.1, 0.15) is 35.0 Å². The van der Waals surface area contributed by atoms with Gasteiger partial charge >= 0.3 is 5.97 Å². The number of carboxylic acid groups (broad SMARTS) is 1. The summed E-state index contributed by atoms with van der Waals surface area (Å²) in [6.07, 6.45) is 4.82. The molecule has 0 atom stereocenters. The Balaban J connectivity index is 1.49. The molecule has 1 N–H and O–H groups in total. The van der Waals surface area contributed by atoms with Crippen LogP contribution in [0.5, 0.6) is 17.2 Å². The molecule has 32 heavy (non-hydrogen) atoms. The molecule has 2 aromatic rings. The molecular formula is C24H29FO6P+. The third-order valence-electron chi connectivity index (χ3n) is 6.58. The summed E-state index contributed by atoms with van der Waals surface area (Å²) in [5.41, 5.74) is 0.640. The quantitative estimate of drug-likeness (QED) is 0.426. The average molecular weight is 463 g/mol. The molecule has 3 fully saturated rings. The van der Waals surface area contributed by atoms with Crippen LogP contribution in [0.15, 0.2) is 36.4 Å². The zero-order valence-corrected chi connectivity index (χ0v) is 19.3. The molecule has 6 nitrogen and oxygen atoms in total. The first-order valence-electron chi connectivity index (χ1n) is 10.8. The number of fused-ring (bicyclic) bond motifs is 3. The number of ether oxygens (including phenoxy) is 3. The van der Waals surface area contributed by atoms with Crippen LogP contribution in [0.4, 0.5) is 4.39 Å². The SMILES string of the molecule is COc1cc(Oc2ccc(C)c(F)c2)cc([P+]23CCC(CCOCC(=O)O)(CC2)CO3)c1. The summed E-state index contributed by atoms with van der Waals surface area (Å²) >= 11 is 0. The van der Waals surface area contributed by atoms with Gasteiger partial charge in [0, 0.05) is 36.3 Å². The predicted octanol–water partition coefficient (Wildman–Crippen LogP) is 4.79. The Kier molecular flexibility index (Phi) is 6.70. The lowest BCUT2D eigenvalue weighted by Gasteiger charge is -2.47. The monoisotopic (exact) mass is 463 g/mol. The third kappa shape index (κ3) is 4.90. The van der Waals surface area contributed by atoms with E-state index < -0.39 is 13.5 Å². The predicted molar refractivity (Wildman–Crippen MR) is 121 cm³/mol. The first-order chi connectivity index (χ1) is 15.3. The molecule has 0 aromatic heterocycles. The van der Waals surface area contributed by atoms with E-state index in [9.17, 15) is 9.18 Å². The minimum Gasteiger partial charge on any atom is -0.496 e. The van der Waals surface area contributed by atoms with Crippen LogP contribution in [0.1, 0.15) is 24.8 Å². The molecule has 3 heterocycles. The number of methoxy groups -OCH3 is 1. The Morgan fingerprint density at radius 3 is 2.53 bits per heavy atom. The van der Waals surface area contributed by atoms with Gasteiger partial charge < -0.3 is 19.3 Å². The summed E-state index contributed by atoms with van der Waals surface area (Å²) in [6, 6.07) is 10.7. The van der Waals surface area contributed by atoms with Gasteiger partial charge in [-0.25, -0.2) is 13.7 Å². The fourth-order valence-corrected chi connectivity index (χ4v) is 8.52. The molecule has 0 unspecified atom stereocenters. The largest absolute Gasteiger partial charge is 0.496 e. The van der Waals surface area contributed by atoms with Gasteiger partial charge in [-0.3, -0.25) is 0 Å². The van der Waals surface area contributed by atoms with E-state index in [1.807, 2.05) is 12.1 Å². The average Bonchev–Trinajstić information content (AvgIpc) is 2.80. The minimum absolute atomic E-state index is 0.0673. The summed E-state index contributed by atoms with van der Waals surface area (Å²) in [5.74, 6) is 0.484. The van der Waals surface area contributed by atoms with Crippen LogP contribution in [0, 0.1) is 18.2 Å². The molecule has 8 heteroatoms. The summed E-state index contributed by atoms with van der Waals surface area (Å²) < 4.78 is 37.2. The fourth-order valence-electron chi connectivity index (χ4n) is 4.45. The molecule has 0 saturated carbocycles. The van der Waals surface area contributed by atoms with Crippen molar-refractivity contribution < 1.29 is 33.0 Å². The van der Waals surface area contributed by atoms with E-state index in [0.29, 0.717) is 36.0 Å². The van der Waals surface area contributed by atoms with Crippen molar-refractivity contribution in [1.29, 1.82) is 0 Å². The summed E-state index contributed by atoms with van der Waals surface area (Å²) in [7, 11) is -0.193. The van der Waals surface area contributed by atoms with Crippen molar-refractivity contribution in [3.05, 3.63) is 47.8 Å². The zero-order chi connectivity index (χ0) is 22.8. The number of halogens is 1. The van der Waals surface area contributed by atoms with Gasteiger partial charge in [0.05, 0.1) is 26.0 Å². The summed E-state index contributed by atoms with van der Waals surface area (Å²) in [5, 5.41) is 9.85. The number of benzene rings is 2. The van der Waals surface area contributed by atoms with Crippen LogP contribution in [0.25, 0.3) is 0 Å². The first-order valence-corrected chi connectivity index (χ1v) is 12.9. The maximum absolute atomic E-state index is 13.9. The van der Waals surface area contributed by atoms with Crippen molar-refractivity contribution in [3.63, 3.8) is 0 Å². The standard InChI is InChI=1S/C24H28FO6P/c1-17-3-4-18(14-22(17)25)31-20-11-19(28-2)12-21(13-20)32-9-6-24(7-10-32,16-30-32)5-8-29-15-23(26)27/h3-4,11-14H,5-10,15-16H2,1-2H3/p+1. The number of hydrogen-bond donors (Lipinski definition) is 1. The summed E-state index contributed by atoms with van der Waals surface area (Å²) in [4.78, 5) is 10.6. The van der Waals surface area contributed by atoms with E-state index in [4.69, 9.17) is 23.8 Å². The maximum atomic E-state index is 13.9. The van der Waals surface area contributed by atoms with Crippen LogP contribution in [0.3, 0.4) is 0 Å². The zero-order valence-electron chi connectivity index (χ0n) is 18.4. The molecule has 3 aliphatic rings. The van der Waals surface area contributed by atoms with Crippen molar-refractivity contribution in [1.82, 2.24) is 0 Å². The number of aliphatic carboxylic acids is 1. The highest BCUT2D eigenvalue weighted by Crippen LogP contribution is 2.70. The normalized spacial score (nSPS) is 24.3. The Morgan fingerprint density at radius 2 is 1.91 bits per heavy atom. The van der Waals surface area contributed by atoms with E-state index in [2.05, 4.69) is 0 Å². The maximum Gasteiger partial charge on any atom is 0.329 e. The molecule has 0 radical (unpaired) electrons. The first kappa shape index (κ1) is 23.0. The van der Waals surface area contributed by atoms with E-state index in [1.54, 1.807) is 32.2 Å². The minimum atomic E-state index is -1.81. The molecule has 0 spiro atoms. The lowest BCUT2D eigenvalue weighted by molar-refractivity contribution is -0.142. The fraction of sp³-hybridized carbons (Fsp3) is 0.458. The van der Waals surface area contributed by atoms with Crippen molar-refractivity contribution in [3.8, 4) is 17.2 Å². The van der Waals surface area contributed by atoms with Gasteiger partial charge in [0.25, 0.3) is 0 Å². The van der Waals surface area contributed by atoms with Crippen LogP contribution in [-0.2, 0) is 14.1 Å². The molecule has 5 rings (SSSR count). The Morgan fingerprint density at radius 1 is 1.16 bits per heavy atom. The van der Waals surface area contributed by atoms with E-state index in [0.717, 1.165) is 36.9 Å². The van der Waals surface area contributed by atoms with Gasteiger partial charge in [-0.2, -0.15) is 0 Å². The van der Waals surface area contributed by atoms with Gasteiger partial charge in [0.15, 0.2) is 7.49 Å². The molecule has 0 aliphatic carbocycles.